The molecule has 1 atom stereocenters. The van der Waals surface area contributed by atoms with E-state index in [1.807, 2.05) is 11.1 Å². The Hall–Kier alpha value is -7.05. The van der Waals surface area contributed by atoms with Crippen molar-refractivity contribution >= 4 is 63.8 Å². The minimum atomic E-state index is -0.683. The van der Waals surface area contributed by atoms with E-state index in [1.165, 1.54) is 24.3 Å². The van der Waals surface area contributed by atoms with Crippen LogP contribution in [0, 0.1) is 23.4 Å². The quantitative estimate of drug-likeness (QED) is 0.0677. The predicted octanol–water partition coefficient (Wildman–Crippen LogP) is 6.42. The molecule has 1 aromatic heterocycles. The van der Waals surface area contributed by atoms with Gasteiger partial charge in [-0.05, 0) is 117 Å². The lowest BCUT2D eigenvalue weighted by atomic mass is 9.94. The fourth-order valence-electron chi connectivity index (χ4n) is 7.94. The maximum atomic E-state index is 15.0. The maximum Gasteiger partial charge on any atom is 0.265 e. The summed E-state index contributed by atoms with van der Waals surface area (Å²) in [5.41, 5.74) is 5.97. The molecule has 3 aliphatic rings. The highest BCUT2D eigenvalue weighted by Crippen LogP contribution is 2.27. The van der Waals surface area contributed by atoms with Gasteiger partial charge in [0.25, 0.3) is 11.8 Å². The molecule has 332 valence electrons. The van der Waals surface area contributed by atoms with Gasteiger partial charge in [0, 0.05) is 74.0 Å². The fourth-order valence-corrected chi connectivity index (χ4v) is 7.94. The summed E-state index contributed by atoms with van der Waals surface area (Å²) in [6.07, 6.45) is 4.59. The van der Waals surface area contributed by atoms with Gasteiger partial charge in [0.2, 0.25) is 17.8 Å². The van der Waals surface area contributed by atoms with Gasteiger partial charge in [0.05, 0.1) is 17.4 Å². The summed E-state index contributed by atoms with van der Waals surface area (Å²) in [6.45, 7) is 5.78. The molecule has 3 fully saturated rings. The number of anilines is 7. The second-order valence-electron chi connectivity index (χ2n) is 16.0. The lowest BCUT2D eigenvalue weighted by Gasteiger charge is -2.37. The van der Waals surface area contributed by atoms with E-state index in [4.69, 9.17) is 0 Å². The summed E-state index contributed by atoms with van der Waals surface area (Å²) < 4.78 is 43.7. The van der Waals surface area contributed by atoms with Crippen LogP contribution in [0.25, 0.3) is 0 Å². The van der Waals surface area contributed by atoms with Crippen LogP contribution in [0.5, 0.6) is 0 Å². The molecule has 18 heteroatoms. The zero-order valence-corrected chi connectivity index (χ0v) is 34.9. The van der Waals surface area contributed by atoms with Crippen molar-refractivity contribution in [3.8, 4) is 0 Å². The number of carbonyl (C=O) groups excluding carboxylic acids is 4. The van der Waals surface area contributed by atoms with Gasteiger partial charge in [-0.15, -0.1) is 0 Å². The summed E-state index contributed by atoms with van der Waals surface area (Å²) in [6, 6.07) is 23.3. The first-order valence-corrected chi connectivity index (χ1v) is 21.3. The molecule has 6 N–H and O–H groups in total. The number of benzene rings is 4. The molecule has 4 aromatic carbocycles. The van der Waals surface area contributed by atoms with Crippen LogP contribution in [0.3, 0.4) is 0 Å². The summed E-state index contributed by atoms with van der Waals surface area (Å²) in [4.78, 5) is 62.0. The van der Waals surface area contributed by atoms with Crippen molar-refractivity contribution in [1.82, 2.24) is 30.6 Å². The molecule has 0 bridgehead atoms. The second kappa shape index (κ2) is 20.0. The largest absolute Gasteiger partial charge is 0.371 e. The number of hydrazine groups is 1. The van der Waals surface area contributed by atoms with Crippen LogP contribution in [0.15, 0.2) is 97.2 Å². The van der Waals surface area contributed by atoms with Crippen molar-refractivity contribution in [2.45, 2.75) is 38.1 Å². The molecule has 4 amide bonds. The Bertz CT molecular complexity index is 2480. The Morgan fingerprint density at radius 3 is 2.16 bits per heavy atom. The van der Waals surface area contributed by atoms with Gasteiger partial charge in [-0.25, -0.2) is 23.2 Å². The molecular formula is C46H48F3N11O4. The first kappa shape index (κ1) is 43.6. The molecule has 0 saturated carbocycles. The molecule has 64 heavy (non-hydrogen) atoms. The van der Waals surface area contributed by atoms with E-state index in [0.717, 1.165) is 77.0 Å². The van der Waals surface area contributed by atoms with Crippen LogP contribution in [-0.4, -0.2) is 95.4 Å². The van der Waals surface area contributed by atoms with E-state index in [9.17, 15) is 28.0 Å². The van der Waals surface area contributed by atoms with Gasteiger partial charge in [-0.1, -0.05) is 12.1 Å². The lowest BCUT2D eigenvalue weighted by molar-refractivity contribution is -0.133. The van der Waals surface area contributed by atoms with Crippen molar-refractivity contribution in [3.05, 3.63) is 126 Å². The maximum absolute atomic E-state index is 15.0. The van der Waals surface area contributed by atoms with Crippen molar-refractivity contribution in [2.75, 3.05) is 72.0 Å². The predicted molar refractivity (Wildman–Crippen MR) is 237 cm³/mol. The number of nitrogens with zero attached hydrogens (tertiary/aromatic N) is 5. The molecular weight excluding hydrogens is 828 g/mol. The van der Waals surface area contributed by atoms with Gasteiger partial charge >= 0.3 is 0 Å². The number of carbonyl (C=O) groups is 4. The fraction of sp³-hybridized carbons (Fsp3) is 0.304. The van der Waals surface area contributed by atoms with E-state index in [0.29, 0.717) is 35.0 Å². The van der Waals surface area contributed by atoms with Gasteiger partial charge in [0.15, 0.2) is 11.6 Å². The average molecular weight is 876 g/mol. The summed E-state index contributed by atoms with van der Waals surface area (Å²) in [5.74, 6) is -2.71. The Labute approximate surface area is 367 Å². The number of halogens is 3. The molecule has 5 aromatic rings. The standard InChI is InChI=1S/C46H48F3N11O4/c47-36-4-2-1-3-35(36)44(63)52-32-11-9-31(10-12-32)51-42-38(49)28-50-46(56-42)53-33-7-5-30(6-8-33)43(62)57-60-21-18-29(19-22-60)17-20-58-23-25-59(26-24-58)34-13-14-39(37(48)27-34)54-40-15-16-41(61)55-45(40)64/h1-14,27-29,40,54H,15-26H2,(H,52,63)(H,57,62)(H,55,61,64)(H2,50,51,53,56). The van der Waals surface area contributed by atoms with E-state index in [1.54, 1.807) is 60.7 Å². The van der Waals surface area contributed by atoms with Crippen molar-refractivity contribution in [1.29, 1.82) is 0 Å². The molecule has 3 aliphatic heterocycles. The number of hydrogen-bond donors (Lipinski definition) is 6. The number of nitrogens with one attached hydrogen (secondary N) is 6. The lowest BCUT2D eigenvalue weighted by Crippen LogP contribution is -2.48. The highest BCUT2D eigenvalue weighted by atomic mass is 19.1. The third-order valence-corrected chi connectivity index (χ3v) is 11.7. The summed E-state index contributed by atoms with van der Waals surface area (Å²) in [7, 11) is 0. The Balaban J connectivity index is 0.734. The molecule has 15 nitrogen and oxygen atoms in total. The number of hydrogen-bond acceptors (Lipinski definition) is 12. The van der Waals surface area contributed by atoms with Crippen LogP contribution in [0.4, 0.5) is 53.4 Å². The number of amides is 4. The van der Waals surface area contributed by atoms with Gasteiger partial charge in [-0.2, -0.15) is 4.98 Å². The van der Waals surface area contributed by atoms with Crippen molar-refractivity contribution in [3.63, 3.8) is 0 Å². The molecule has 0 spiro atoms. The second-order valence-corrected chi connectivity index (χ2v) is 16.0. The minimum Gasteiger partial charge on any atom is -0.371 e. The van der Waals surface area contributed by atoms with E-state index < -0.39 is 35.3 Å². The third-order valence-electron chi connectivity index (χ3n) is 11.7. The molecule has 0 radical (unpaired) electrons. The van der Waals surface area contributed by atoms with Crippen LogP contribution >= 0.6 is 0 Å². The first-order valence-electron chi connectivity index (χ1n) is 21.3. The smallest absolute Gasteiger partial charge is 0.265 e. The SMILES string of the molecule is O=C1CCC(Nc2ccc(N3CCN(CCC4CCN(NC(=O)c5ccc(Nc6ncc(F)c(Nc7ccc(NC(=O)c8ccccc8F)cc7)n6)cc5)CC4)CC3)cc2F)C(=O)N1. The van der Waals surface area contributed by atoms with Gasteiger partial charge in [0.1, 0.15) is 17.7 Å². The molecule has 1 unspecified atom stereocenters. The number of rotatable bonds is 14. The highest BCUT2D eigenvalue weighted by Gasteiger charge is 2.28. The molecule has 4 heterocycles. The van der Waals surface area contributed by atoms with E-state index in [2.05, 4.69) is 51.8 Å². The van der Waals surface area contributed by atoms with Crippen LogP contribution < -0.4 is 36.9 Å². The topological polar surface area (TPSA) is 176 Å². The Morgan fingerprint density at radius 1 is 0.734 bits per heavy atom. The van der Waals surface area contributed by atoms with Crippen LogP contribution in [0.1, 0.15) is 52.8 Å². The Morgan fingerprint density at radius 2 is 1.44 bits per heavy atom. The average Bonchev–Trinajstić information content (AvgIpc) is 3.30. The third kappa shape index (κ3) is 11.1. The first-order chi connectivity index (χ1) is 31.0. The van der Waals surface area contributed by atoms with Gasteiger partial charge < -0.3 is 26.2 Å². The minimum absolute atomic E-state index is 0.0815. The monoisotopic (exact) mass is 875 g/mol. The number of piperidine rings is 2. The summed E-state index contributed by atoms with van der Waals surface area (Å²) >= 11 is 0. The molecule has 0 aliphatic carbocycles. The normalized spacial score (nSPS) is 17.4. The van der Waals surface area contributed by atoms with Crippen molar-refractivity contribution in [2.24, 2.45) is 5.92 Å². The summed E-state index contributed by atoms with van der Waals surface area (Å²) in [5, 5.41) is 15.7. The van der Waals surface area contributed by atoms with Crippen LogP contribution in [-0.2, 0) is 9.59 Å². The Kier molecular flexibility index (Phi) is 13.6. The molecule has 8 rings (SSSR count). The van der Waals surface area contributed by atoms with Gasteiger partial charge in [-0.3, -0.25) is 34.8 Å². The zero-order valence-electron chi connectivity index (χ0n) is 34.9. The van der Waals surface area contributed by atoms with Crippen molar-refractivity contribution < 1.29 is 32.3 Å². The van der Waals surface area contributed by atoms with E-state index in [-0.39, 0.29) is 41.3 Å². The van der Waals surface area contributed by atoms with E-state index >= 15 is 4.39 Å². The zero-order chi connectivity index (χ0) is 44.6. The number of aromatic nitrogens is 2. The van der Waals surface area contributed by atoms with Crippen LogP contribution in [0.2, 0.25) is 0 Å². The molecule has 3 saturated heterocycles. The highest BCUT2D eigenvalue weighted by molar-refractivity contribution is 6.04. The number of piperazine rings is 1. The number of imide groups is 1.